The maximum absolute atomic E-state index is 14.6. The zero-order valence-electron chi connectivity index (χ0n) is 22.2. The second kappa shape index (κ2) is 14.8. The van der Waals surface area contributed by atoms with Gasteiger partial charge in [-0.25, -0.2) is 22.4 Å². The predicted molar refractivity (Wildman–Crippen MR) is 139 cm³/mol. The van der Waals surface area contributed by atoms with Crippen LogP contribution < -0.4 is 11.1 Å². The normalized spacial score (nSPS) is 13.9. The number of hydrogen-bond acceptors (Lipinski definition) is 4. The van der Waals surface area contributed by atoms with Crippen molar-refractivity contribution >= 4 is 12.0 Å². The number of halogens is 4. The summed E-state index contributed by atoms with van der Waals surface area (Å²) < 4.78 is 56.4. The van der Waals surface area contributed by atoms with E-state index in [1.165, 1.54) is 0 Å². The average Bonchev–Trinajstić information content (AvgIpc) is 2.85. The second-order valence-electron chi connectivity index (χ2n) is 9.77. The summed E-state index contributed by atoms with van der Waals surface area (Å²) in [6.07, 6.45) is -3.35. The molecule has 0 aliphatic carbocycles. The van der Waals surface area contributed by atoms with Crippen LogP contribution in [0.1, 0.15) is 56.2 Å². The highest BCUT2D eigenvalue weighted by molar-refractivity contribution is 5.85. The Kier molecular flexibility index (Phi) is 12.2. The molecule has 0 unspecified atom stereocenters. The number of unbranched alkanes of at least 4 members (excludes halogenated alkanes) is 1. The Bertz CT molecular complexity index is 1080. The van der Waals surface area contributed by atoms with Gasteiger partial charge in [-0.3, -0.25) is 4.79 Å². The summed E-state index contributed by atoms with van der Waals surface area (Å²) in [7, 11) is 0. The molecule has 0 bridgehead atoms. The van der Waals surface area contributed by atoms with Gasteiger partial charge in [-0.2, -0.15) is 0 Å². The molecule has 39 heavy (non-hydrogen) atoms. The lowest BCUT2D eigenvalue weighted by Gasteiger charge is -2.32. The Morgan fingerprint density at radius 3 is 2.28 bits per heavy atom. The summed E-state index contributed by atoms with van der Waals surface area (Å²) in [5.41, 5.74) is 7.87. The minimum atomic E-state index is -3.30. The smallest absolute Gasteiger partial charge is 0.405 e. The minimum Gasteiger partial charge on any atom is -0.465 e. The van der Waals surface area contributed by atoms with E-state index in [-0.39, 0.29) is 24.9 Å². The number of aliphatic hydroxyl groups excluding tert-OH is 1. The fraction of sp³-hybridized carbons (Fsp3) is 0.500. The number of alkyl halides is 2. The lowest BCUT2D eigenvalue weighted by atomic mass is 9.99. The van der Waals surface area contributed by atoms with E-state index in [1.54, 1.807) is 19.1 Å². The molecule has 2 rings (SSSR count). The number of aryl methyl sites for hydroxylation is 1. The third-order valence-electron chi connectivity index (χ3n) is 6.37. The summed E-state index contributed by atoms with van der Waals surface area (Å²) in [5, 5.41) is 22.0. The van der Waals surface area contributed by atoms with Crippen LogP contribution in [0.15, 0.2) is 42.5 Å². The summed E-state index contributed by atoms with van der Waals surface area (Å²) in [5.74, 6) is -5.88. The molecule has 0 heterocycles. The van der Waals surface area contributed by atoms with Gasteiger partial charge in [0.05, 0.1) is 6.10 Å². The molecule has 0 saturated carbocycles. The molecule has 3 atom stereocenters. The van der Waals surface area contributed by atoms with Gasteiger partial charge in [0.25, 0.3) is 5.92 Å². The summed E-state index contributed by atoms with van der Waals surface area (Å²) in [6, 6.07) is 7.17. The molecule has 0 fully saturated rings. The molecular weight excluding hydrogens is 518 g/mol. The Hall–Kier alpha value is -3.18. The SMILES string of the molecule is CCCCC(F)(F)C[C@@H](NC(=O)O)C(=O)N(Cc1cccc(CC)c1)C[C@@H](O)[C@@H](N)Cc1cc(F)cc(F)c1. The first-order valence-electron chi connectivity index (χ1n) is 13.0. The molecule has 5 N–H and O–H groups in total. The first kappa shape index (κ1) is 32.0. The summed E-state index contributed by atoms with van der Waals surface area (Å²) in [4.78, 5) is 26.0. The number of nitrogens with one attached hydrogen (secondary N) is 1. The fourth-order valence-electron chi connectivity index (χ4n) is 4.30. The highest BCUT2D eigenvalue weighted by atomic mass is 19.3. The van der Waals surface area contributed by atoms with E-state index < -0.39 is 67.1 Å². The van der Waals surface area contributed by atoms with Gasteiger partial charge in [-0.15, -0.1) is 0 Å². The third kappa shape index (κ3) is 10.8. The summed E-state index contributed by atoms with van der Waals surface area (Å²) in [6.45, 7) is 3.14. The maximum Gasteiger partial charge on any atom is 0.405 e. The van der Waals surface area contributed by atoms with Gasteiger partial charge < -0.3 is 26.2 Å². The van der Waals surface area contributed by atoms with E-state index in [0.717, 1.165) is 22.6 Å². The predicted octanol–water partition coefficient (Wildman–Crippen LogP) is 4.64. The molecule has 11 heteroatoms. The average molecular weight is 556 g/mol. The molecule has 0 aliphatic heterocycles. The van der Waals surface area contributed by atoms with Crippen molar-refractivity contribution in [3.63, 3.8) is 0 Å². The number of carbonyl (C=O) groups excluding carboxylic acids is 1. The van der Waals surface area contributed by atoms with Gasteiger partial charge in [0, 0.05) is 38.0 Å². The number of carbonyl (C=O) groups is 2. The monoisotopic (exact) mass is 555 g/mol. The number of nitrogens with zero attached hydrogens (tertiary/aromatic N) is 1. The van der Waals surface area contributed by atoms with E-state index >= 15 is 0 Å². The van der Waals surface area contributed by atoms with Crippen molar-refractivity contribution in [1.29, 1.82) is 0 Å². The van der Waals surface area contributed by atoms with Crippen LogP contribution in [0, 0.1) is 11.6 Å². The van der Waals surface area contributed by atoms with Crippen LogP contribution in [0.2, 0.25) is 0 Å². The van der Waals surface area contributed by atoms with E-state index in [0.29, 0.717) is 24.5 Å². The Balaban J connectivity index is 2.32. The summed E-state index contributed by atoms with van der Waals surface area (Å²) >= 11 is 0. The number of aliphatic hydroxyl groups is 1. The first-order chi connectivity index (χ1) is 18.3. The third-order valence-corrected chi connectivity index (χ3v) is 6.37. The zero-order valence-corrected chi connectivity index (χ0v) is 22.2. The number of nitrogens with two attached hydrogens (primary N) is 1. The standard InChI is InChI=1S/C28H37F4N3O4/c1-3-5-9-28(31,32)15-24(34-27(38)39)26(37)35(16-19-8-6-7-18(4-2)10-19)17-25(36)23(33)13-20-11-21(29)14-22(30)12-20/h6-8,10-12,14,23-25,34,36H,3-5,9,13,15-17,33H2,1-2H3,(H,38,39)/t23-,24+,25+/m0/s1. The van der Waals surface area contributed by atoms with Crippen LogP contribution in [0.3, 0.4) is 0 Å². The van der Waals surface area contributed by atoms with Crippen LogP contribution in [-0.2, 0) is 24.2 Å². The Labute approximate surface area is 226 Å². The quantitative estimate of drug-likeness (QED) is 0.239. The van der Waals surface area contributed by atoms with E-state index in [9.17, 15) is 37.4 Å². The van der Waals surface area contributed by atoms with Crippen molar-refractivity contribution in [2.24, 2.45) is 5.73 Å². The van der Waals surface area contributed by atoms with Crippen molar-refractivity contribution in [2.75, 3.05) is 6.54 Å². The first-order valence-corrected chi connectivity index (χ1v) is 13.0. The Morgan fingerprint density at radius 2 is 1.69 bits per heavy atom. The van der Waals surface area contributed by atoms with Gasteiger partial charge in [0.15, 0.2) is 0 Å². The molecular formula is C28H37F4N3O4. The number of amides is 2. The van der Waals surface area contributed by atoms with E-state index in [4.69, 9.17) is 5.73 Å². The molecule has 2 amide bonds. The minimum absolute atomic E-state index is 0.108. The highest BCUT2D eigenvalue weighted by Gasteiger charge is 2.38. The van der Waals surface area contributed by atoms with Crippen molar-refractivity contribution in [3.05, 3.63) is 70.8 Å². The second-order valence-corrected chi connectivity index (χ2v) is 9.77. The highest BCUT2D eigenvalue weighted by Crippen LogP contribution is 2.28. The Morgan fingerprint density at radius 1 is 1.05 bits per heavy atom. The van der Waals surface area contributed by atoms with Gasteiger partial charge in [0.2, 0.25) is 5.91 Å². The van der Waals surface area contributed by atoms with Crippen LogP contribution in [0.5, 0.6) is 0 Å². The molecule has 0 saturated heterocycles. The lowest BCUT2D eigenvalue weighted by molar-refractivity contribution is -0.138. The van der Waals surface area contributed by atoms with Crippen LogP contribution >= 0.6 is 0 Å². The molecule has 0 aromatic heterocycles. The van der Waals surface area contributed by atoms with Crippen molar-refractivity contribution in [2.45, 2.75) is 83.0 Å². The largest absolute Gasteiger partial charge is 0.465 e. The van der Waals surface area contributed by atoms with Gasteiger partial charge in [-0.05, 0) is 48.1 Å². The van der Waals surface area contributed by atoms with Gasteiger partial charge in [0.1, 0.15) is 17.7 Å². The molecule has 0 spiro atoms. The van der Waals surface area contributed by atoms with E-state index in [2.05, 4.69) is 0 Å². The maximum atomic E-state index is 14.6. The van der Waals surface area contributed by atoms with Crippen molar-refractivity contribution < 1.29 is 37.4 Å². The van der Waals surface area contributed by atoms with Gasteiger partial charge >= 0.3 is 6.09 Å². The lowest BCUT2D eigenvalue weighted by Crippen LogP contribution is -2.53. The number of hydrogen-bond donors (Lipinski definition) is 4. The van der Waals surface area contributed by atoms with Crippen LogP contribution in [0.4, 0.5) is 22.4 Å². The number of benzene rings is 2. The number of rotatable bonds is 15. The van der Waals surface area contributed by atoms with Crippen LogP contribution in [0.25, 0.3) is 0 Å². The number of carboxylic acid groups (broad SMARTS) is 1. The molecule has 216 valence electrons. The zero-order chi connectivity index (χ0) is 29.2. The molecule has 0 radical (unpaired) electrons. The fourth-order valence-corrected chi connectivity index (χ4v) is 4.30. The molecule has 2 aromatic carbocycles. The topological polar surface area (TPSA) is 116 Å². The molecule has 0 aliphatic rings. The van der Waals surface area contributed by atoms with Crippen molar-refractivity contribution in [1.82, 2.24) is 10.2 Å². The molecule has 2 aromatic rings. The van der Waals surface area contributed by atoms with Gasteiger partial charge in [-0.1, -0.05) is 44.5 Å². The van der Waals surface area contributed by atoms with Crippen LogP contribution in [-0.4, -0.2) is 57.8 Å². The van der Waals surface area contributed by atoms with E-state index in [1.807, 2.05) is 24.4 Å². The van der Waals surface area contributed by atoms with Crippen molar-refractivity contribution in [3.8, 4) is 0 Å². The molecule has 7 nitrogen and oxygen atoms in total.